The Morgan fingerprint density at radius 3 is 2.44 bits per heavy atom. The van der Waals surface area contributed by atoms with Crippen LogP contribution in [-0.2, 0) is 26.1 Å². The lowest BCUT2D eigenvalue weighted by molar-refractivity contribution is -0.130. The van der Waals surface area contributed by atoms with Gasteiger partial charge in [0.2, 0.25) is 15.9 Å². The largest absolute Gasteiger partial charge is 0.379 e. The minimum absolute atomic E-state index is 0.132. The predicted molar refractivity (Wildman–Crippen MR) is 96.6 cm³/mol. The van der Waals surface area contributed by atoms with Crippen molar-refractivity contribution in [2.24, 2.45) is 0 Å². The molecule has 1 heterocycles. The van der Waals surface area contributed by atoms with E-state index in [1.54, 1.807) is 11.9 Å². The number of carbonyl (C=O) groups excluding carboxylic acids is 1. The molecule has 0 N–H and O–H groups in total. The number of hydrogen-bond donors (Lipinski definition) is 0. The first-order valence-corrected chi connectivity index (χ1v) is 10.2. The molecule has 0 unspecified atom stereocenters. The molecule has 1 aromatic carbocycles. The molecule has 0 bridgehead atoms. The van der Waals surface area contributed by atoms with Crippen molar-refractivity contribution in [2.45, 2.75) is 6.54 Å². The molecule has 8 heteroatoms. The highest BCUT2D eigenvalue weighted by atomic mass is 32.2. The minimum atomic E-state index is -3.44. The third-order valence-corrected chi connectivity index (χ3v) is 5.49. The summed E-state index contributed by atoms with van der Waals surface area (Å²) >= 11 is 0. The number of nitrogens with zero attached hydrogens (tertiary/aromatic N) is 3. The van der Waals surface area contributed by atoms with Gasteiger partial charge in [0.15, 0.2) is 0 Å². The summed E-state index contributed by atoms with van der Waals surface area (Å²) in [5.74, 6) is -0.212. The van der Waals surface area contributed by atoms with E-state index in [0.29, 0.717) is 32.8 Å². The van der Waals surface area contributed by atoms with Crippen molar-refractivity contribution in [3.05, 3.63) is 35.9 Å². The average molecular weight is 369 g/mol. The van der Waals surface area contributed by atoms with Crippen LogP contribution in [0.5, 0.6) is 0 Å². The lowest BCUT2D eigenvalue weighted by Crippen LogP contribution is -2.46. The molecule has 1 saturated heterocycles. The van der Waals surface area contributed by atoms with Crippen LogP contribution >= 0.6 is 0 Å². The van der Waals surface area contributed by atoms with Crippen LogP contribution in [0.15, 0.2) is 30.3 Å². The van der Waals surface area contributed by atoms with Gasteiger partial charge in [0.1, 0.15) is 0 Å². The van der Waals surface area contributed by atoms with Gasteiger partial charge in [-0.25, -0.2) is 8.42 Å². The van der Waals surface area contributed by atoms with E-state index in [4.69, 9.17) is 4.74 Å². The topological polar surface area (TPSA) is 70.2 Å². The summed E-state index contributed by atoms with van der Waals surface area (Å²) in [6.45, 7) is 4.15. The second kappa shape index (κ2) is 9.28. The fraction of sp³-hybridized carbons (Fsp3) is 0.588. The third-order valence-electron chi connectivity index (χ3n) is 4.24. The van der Waals surface area contributed by atoms with Crippen LogP contribution in [-0.4, -0.2) is 87.7 Å². The van der Waals surface area contributed by atoms with E-state index in [9.17, 15) is 13.2 Å². The van der Waals surface area contributed by atoms with Crippen molar-refractivity contribution in [3.8, 4) is 0 Å². The molecule has 0 atom stereocenters. The lowest BCUT2D eigenvalue weighted by Gasteiger charge is -2.29. The Balaban J connectivity index is 1.90. The molecule has 0 aromatic heterocycles. The van der Waals surface area contributed by atoms with Gasteiger partial charge in [0.05, 0.1) is 26.0 Å². The molecule has 1 aliphatic rings. The van der Waals surface area contributed by atoms with Crippen LogP contribution in [0.4, 0.5) is 0 Å². The number of likely N-dealkylation sites (N-methyl/N-ethyl adjacent to an activating group) is 1. The molecule has 140 valence electrons. The maximum absolute atomic E-state index is 12.4. The van der Waals surface area contributed by atoms with Crippen LogP contribution in [0.25, 0.3) is 0 Å². The molecule has 0 radical (unpaired) electrons. The van der Waals surface area contributed by atoms with Gasteiger partial charge in [-0.2, -0.15) is 4.31 Å². The zero-order chi connectivity index (χ0) is 18.3. The lowest BCUT2D eigenvalue weighted by atomic mass is 10.2. The van der Waals surface area contributed by atoms with Gasteiger partial charge in [0.25, 0.3) is 0 Å². The molecule has 1 aliphatic heterocycles. The quantitative estimate of drug-likeness (QED) is 0.656. The molecule has 1 aromatic rings. The van der Waals surface area contributed by atoms with Gasteiger partial charge in [-0.05, 0) is 5.56 Å². The molecule has 0 saturated carbocycles. The number of amides is 1. The maximum atomic E-state index is 12.4. The second-order valence-electron chi connectivity index (χ2n) is 6.29. The molecule has 25 heavy (non-hydrogen) atoms. The summed E-state index contributed by atoms with van der Waals surface area (Å²) in [7, 11) is -1.75. The number of hydrogen-bond acceptors (Lipinski definition) is 5. The van der Waals surface area contributed by atoms with Crippen molar-refractivity contribution in [3.63, 3.8) is 0 Å². The van der Waals surface area contributed by atoms with Gasteiger partial charge < -0.3 is 9.64 Å². The summed E-state index contributed by atoms with van der Waals surface area (Å²) in [5.41, 5.74) is 1.01. The SMILES string of the molecule is CN(Cc1ccccc1)C(=O)CN(CCN1CCOCC1)S(C)(=O)=O. The fourth-order valence-electron chi connectivity index (χ4n) is 2.66. The van der Waals surface area contributed by atoms with E-state index in [0.717, 1.165) is 24.9 Å². The monoisotopic (exact) mass is 369 g/mol. The number of benzene rings is 1. The number of morpholine rings is 1. The van der Waals surface area contributed by atoms with Crippen LogP contribution in [0.3, 0.4) is 0 Å². The summed E-state index contributed by atoms with van der Waals surface area (Å²) in [4.78, 5) is 16.2. The minimum Gasteiger partial charge on any atom is -0.379 e. The molecule has 1 amide bonds. The van der Waals surface area contributed by atoms with Crippen molar-refractivity contribution < 1.29 is 17.9 Å². The summed E-state index contributed by atoms with van der Waals surface area (Å²) < 4.78 is 30.6. The van der Waals surface area contributed by atoms with Crippen molar-refractivity contribution in [1.82, 2.24) is 14.1 Å². The molecular formula is C17H27N3O4S. The van der Waals surface area contributed by atoms with Gasteiger partial charge in [-0.1, -0.05) is 30.3 Å². The number of sulfonamides is 1. The maximum Gasteiger partial charge on any atom is 0.237 e. The highest BCUT2D eigenvalue weighted by Gasteiger charge is 2.23. The number of rotatable bonds is 8. The van der Waals surface area contributed by atoms with E-state index in [1.807, 2.05) is 30.3 Å². The fourth-order valence-corrected chi connectivity index (χ4v) is 3.42. The Morgan fingerprint density at radius 1 is 1.20 bits per heavy atom. The first-order valence-electron chi connectivity index (χ1n) is 8.39. The van der Waals surface area contributed by atoms with Crippen LogP contribution in [0.1, 0.15) is 5.56 Å². The Bertz CT molecular complexity index is 645. The van der Waals surface area contributed by atoms with Gasteiger partial charge in [-0.3, -0.25) is 9.69 Å². The first kappa shape index (κ1) is 19.8. The molecular weight excluding hydrogens is 342 g/mol. The first-order chi connectivity index (χ1) is 11.9. The molecule has 0 spiro atoms. The van der Waals surface area contributed by atoms with Crippen molar-refractivity contribution in [1.29, 1.82) is 0 Å². The number of ether oxygens (including phenoxy) is 1. The molecule has 2 rings (SSSR count). The highest BCUT2D eigenvalue weighted by molar-refractivity contribution is 7.88. The normalized spacial score (nSPS) is 16.1. The summed E-state index contributed by atoms with van der Waals surface area (Å²) in [5, 5.41) is 0. The standard InChI is InChI=1S/C17H27N3O4S/c1-18(14-16-6-4-3-5-7-16)17(21)15-20(25(2,22)23)9-8-19-10-12-24-13-11-19/h3-7H,8-15H2,1-2H3. The number of carbonyl (C=O) groups is 1. The summed E-state index contributed by atoms with van der Waals surface area (Å²) in [6, 6.07) is 9.63. The zero-order valence-corrected chi connectivity index (χ0v) is 15.7. The zero-order valence-electron chi connectivity index (χ0n) is 14.9. The second-order valence-corrected chi connectivity index (χ2v) is 8.27. The van der Waals surface area contributed by atoms with E-state index < -0.39 is 10.0 Å². The Hall–Kier alpha value is -1.48. The highest BCUT2D eigenvalue weighted by Crippen LogP contribution is 2.06. The van der Waals surface area contributed by atoms with Crippen molar-refractivity contribution >= 4 is 15.9 Å². The van der Waals surface area contributed by atoms with Gasteiger partial charge in [0, 0.05) is 39.8 Å². The molecule has 1 fully saturated rings. The third kappa shape index (κ3) is 6.74. The van der Waals surface area contributed by atoms with E-state index in [2.05, 4.69) is 4.90 Å². The summed E-state index contributed by atoms with van der Waals surface area (Å²) in [6.07, 6.45) is 1.15. The van der Waals surface area contributed by atoms with E-state index in [-0.39, 0.29) is 12.5 Å². The Kier molecular flexibility index (Phi) is 7.37. The van der Waals surface area contributed by atoms with Gasteiger partial charge >= 0.3 is 0 Å². The van der Waals surface area contributed by atoms with Crippen LogP contribution in [0.2, 0.25) is 0 Å². The average Bonchev–Trinajstić information content (AvgIpc) is 2.59. The van der Waals surface area contributed by atoms with Gasteiger partial charge in [-0.15, -0.1) is 0 Å². The van der Waals surface area contributed by atoms with E-state index in [1.165, 1.54) is 4.31 Å². The van der Waals surface area contributed by atoms with E-state index >= 15 is 0 Å². The molecule has 0 aliphatic carbocycles. The predicted octanol–water partition coefficient (Wildman–Crippen LogP) is 0.239. The Labute approximate surface area is 150 Å². The molecule has 7 nitrogen and oxygen atoms in total. The van der Waals surface area contributed by atoms with Crippen LogP contribution < -0.4 is 0 Å². The van der Waals surface area contributed by atoms with Crippen LogP contribution in [0, 0.1) is 0 Å². The van der Waals surface area contributed by atoms with Crippen molar-refractivity contribution in [2.75, 3.05) is 59.2 Å². The Morgan fingerprint density at radius 2 is 1.84 bits per heavy atom. The smallest absolute Gasteiger partial charge is 0.237 e.